The molecule has 32 heavy (non-hydrogen) atoms. The van der Waals surface area contributed by atoms with Crippen molar-refractivity contribution in [3.8, 4) is 17.1 Å². The standard InChI is InChI=1S/C23H27N5O3.H2S/c1-16(29)28-10-11-30-19(14-28)15-31-23-22-21(24-8-9-25-22)12-20(26-23)18-6-4-17(5-7-18)13-27(2)3;/h4-9,12,19H,10-11,13-15H2,1-3H3;1H2/t19-;/m0./s1. The molecule has 1 saturated heterocycles. The lowest BCUT2D eigenvalue weighted by atomic mass is 10.1. The lowest BCUT2D eigenvalue weighted by Crippen LogP contribution is -2.46. The average Bonchev–Trinajstić information content (AvgIpc) is 2.77. The van der Waals surface area contributed by atoms with E-state index in [1.54, 1.807) is 24.2 Å². The molecule has 1 aliphatic rings. The number of benzene rings is 1. The van der Waals surface area contributed by atoms with E-state index in [1.165, 1.54) is 5.56 Å². The van der Waals surface area contributed by atoms with E-state index in [4.69, 9.17) is 14.5 Å². The highest BCUT2D eigenvalue weighted by Gasteiger charge is 2.23. The summed E-state index contributed by atoms with van der Waals surface area (Å²) < 4.78 is 11.8. The molecule has 0 unspecified atom stereocenters. The molecule has 1 aromatic carbocycles. The summed E-state index contributed by atoms with van der Waals surface area (Å²) >= 11 is 0. The smallest absolute Gasteiger partial charge is 0.242 e. The second kappa shape index (κ2) is 10.7. The van der Waals surface area contributed by atoms with Crippen LogP contribution in [0.2, 0.25) is 0 Å². The van der Waals surface area contributed by atoms with Crippen LogP contribution in [-0.4, -0.2) is 77.2 Å². The minimum atomic E-state index is -0.208. The fourth-order valence-corrected chi connectivity index (χ4v) is 3.62. The molecule has 170 valence electrons. The number of fused-ring (bicyclic) bond motifs is 1. The van der Waals surface area contributed by atoms with Crippen molar-refractivity contribution in [3.05, 3.63) is 48.3 Å². The van der Waals surface area contributed by atoms with Crippen molar-refractivity contribution in [3.63, 3.8) is 0 Å². The summed E-state index contributed by atoms with van der Waals surface area (Å²) in [6.07, 6.45) is 3.08. The van der Waals surface area contributed by atoms with Gasteiger partial charge in [0.25, 0.3) is 0 Å². The van der Waals surface area contributed by atoms with Crippen molar-refractivity contribution in [2.45, 2.75) is 19.6 Å². The predicted octanol–water partition coefficient (Wildman–Crippen LogP) is 2.49. The van der Waals surface area contributed by atoms with E-state index in [-0.39, 0.29) is 32.1 Å². The van der Waals surface area contributed by atoms with Crippen LogP contribution in [0.5, 0.6) is 5.88 Å². The number of carbonyl (C=O) groups excluding carboxylic acids is 1. The van der Waals surface area contributed by atoms with Crippen molar-refractivity contribution >= 4 is 30.4 Å². The number of nitrogens with zero attached hydrogens (tertiary/aromatic N) is 5. The summed E-state index contributed by atoms with van der Waals surface area (Å²) in [5.41, 5.74) is 4.31. The molecule has 0 spiro atoms. The van der Waals surface area contributed by atoms with Crippen molar-refractivity contribution in [1.29, 1.82) is 0 Å². The number of hydrogen-bond donors (Lipinski definition) is 0. The fraction of sp³-hybridized carbons (Fsp3) is 0.391. The van der Waals surface area contributed by atoms with Gasteiger partial charge in [-0.3, -0.25) is 9.78 Å². The number of hydrogen-bond acceptors (Lipinski definition) is 7. The van der Waals surface area contributed by atoms with Gasteiger partial charge in [-0.2, -0.15) is 13.5 Å². The molecule has 3 aromatic rings. The van der Waals surface area contributed by atoms with E-state index in [0.29, 0.717) is 31.1 Å². The number of carbonyl (C=O) groups is 1. The molecule has 0 saturated carbocycles. The third-order valence-corrected chi connectivity index (χ3v) is 5.16. The maximum Gasteiger partial charge on any atom is 0.242 e. The Morgan fingerprint density at radius 2 is 1.97 bits per heavy atom. The number of rotatable bonds is 6. The van der Waals surface area contributed by atoms with Crippen molar-refractivity contribution in [2.24, 2.45) is 0 Å². The van der Waals surface area contributed by atoms with Crippen LogP contribution >= 0.6 is 13.5 Å². The molecule has 1 atom stereocenters. The highest BCUT2D eigenvalue weighted by Crippen LogP contribution is 2.27. The van der Waals surface area contributed by atoms with Crippen LogP contribution in [0.25, 0.3) is 22.3 Å². The van der Waals surface area contributed by atoms with Crippen molar-refractivity contribution in [1.82, 2.24) is 24.8 Å². The molecule has 0 radical (unpaired) electrons. The van der Waals surface area contributed by atoms with Gasteiger partial charge in [0.2, 0.25) is 11.8 Å². The zero-order valence-electron chi connectivity index (χ0n) is 18.6. The number of amides is 1. The van der Waals surface area contributed by atoms with Crippen LogP contribution in [0.15, 0.2) is 42.7 Å². The Balaban J connectivity index is 0.00000289. The third kappa shape index (κ3) is 5.73. The van der Waals surface area contributed by atoms with E-state index in [9.17, 15) is 4.79 Å². The first-order chi connectivity index (χ1) is 15.0. The first-order valence-electron chi connectivity index (χ1n) is 10.4. The van der Waals surface area contributed by atoms with Gasteiger partial charge in [0, 0.05) is 38.0 Å². The molecule has 0 bridgehead atoms. The van der Waals surface area contributed by atoms with Gasteiger partial charge < -0.3 is 19.3 Å². The Morgan fingerprint density at radius 3 is 2.69 bits per heavy atom. The Hall–Kier alpha value is -2.75. The van der Waals surface area contributed by atoms with Crippen LogP contribution < -0.4 is 4.74 Å². The van der Waals surface area contributed by atoms with E-state index in [1.807, 2.05) is 20.2 Å². The predicted molar refractivity (Wildman–Crippen MR) is 128 cm³/mol. The maximum atomic E-state index is 11.7. The minimum Gasteiger partial charge on any atom is -0.473 e. The summed E-state index contributed by atoms with van der Waals surface area (Å²) in [7, 11) is 4.10. The molecule has 3 heterocycles. The Bertz CT molecular complexity index is 1060. The zero-order chi connectivity index (χ0) is 21.8. The summed E-state index contributed by atoms with van der Waals surface area (Å²) in [6, 6.07) is 10.2. The molecule has 2 aromatic heterocycles. The summed E-state index contributed by atoms with van der Waals surface area (Å²) in [5.74, 6) is 0.462. The van der Waals surface area contributed by atoms with Crippen LogP contribution in [0.1, 0.15) is 12.5 Å². The van der Waals surface area contributed by atoms with E-state index >= 15 is 0 Å². The van der Waals surface area contributed by atoms with Crippen LogP contribution in [0.4, 0.5) is 0 Å². The number of pyridine rings is 1. The van der Waals surface area contributed by atoms with Gasteiger partial charge in [0.05, 0.1) is 24.4 Å². The highest BCUT2D eigenvalue weighted by atomic mass is 32.1. The molecule has 1 fully saturated rings. The quantitative estimate of drug-likeness (QED) is 0.565. The van der Waals surface area contributed by atoms with Gasteiger partial charge in [-0.25, -0.2) is 9.97 Å². The molecule has 4 rings (SSSR count). The molecule has 8 nitrogen and oxygen atoms in total. The van der Waals surface area contributed by atoms with Gasteiger partial charge in [0.15, 0.2) is 5.52 Å². The van der Waals surface area contributed by atoms with Gasteiger partial charge in [-0.05, 0) is 25.7 Å². The van der Waals surface area contributed by atoms with E-state index < -0.39 is 0 Å². The molecule has 9 heteroatoms. The summed E-state index contributed by atoms with van der Waals surface area (Å²) in [5, 5.41) is 0. The van der Waals surface area contributed by atoms with Gasteiger partial charge in [0.1, 0.15) is 12.7 Å². The Labute approximate surface area is 195 Å². The molecule has 1 aliphatic heterocycles. The zero-order valence-corrected chi connectivity index (χ0v) is 19.6. The van der Waals surface area contributed by atoms with Crippen molar-refractivity contribution < 1.29 is 14.3 Å². The molecular weight excluding hydrogens is 426 g/mol. The van der Waals surface area contributed by atoms with Crippen LogP contribution in [-0.2, 0) is 16.1 Å². The van der Waals surface area contributed by atoms with E-state index in [0.717, 1.165) is 23.3 Å². The largest absolute Gasteiger partial charge is 0.473 e. The summed E-state index contributed by atoms with van der Waals surface area (Å²) in [4.78, 5) is 29.2. The van der Waals surface area contributed by atoms with Crippen molar-refractivity contribution in [2.75, 3.05) is 40.4 Å². The number of morpholine rings is 1. The third-order valence-electron chi connectivity index (χ3n) is 5.16. The average molecular weight is 456 g/mol. The van der Waals surface area contributed by atoms with Gasteiger partial charge in [-0.15, -0.1) is 0 Å². The molecular formula is C23H29N5O3S. The monoisotopic (exact) mass is 455 g/mol. The summed E-state index contributed by atoms with van der Waals surface area (Å²) in [6.45, 7) is 4.35. The minimum absolute atomic E-state index is 0. The molecule has 1 amide bonds. The Morgan fingerprint density at radius 1 is 1.22 bits per heavy atom. The molecule has 0 N–H and O–H groups in total. The fourth-order valence-electron chi connectivity index (χ4n) is 3.62. The van der Waals surface area contributed by atoms with Gasteiger partial charge in [-0.1, -0.05) is 24.3 Å². The van der Waals surface area contributed by atoms with Crippen LogP contribution in [0, 0.1) is 0 Å². The number of ether oxygens (including phenoxy) is 2. The first kappa shape index (κ1) is 23.9. The maximum absolute atomic E-state index is 11.7. The highest BCUT2D eigenvalue weighted by molar-refractivity contribution is 7.59. The Kier molecular flexibility index (Phi) is 8.00. The molecule has 0 aliphatic carbocycles. The second-order valence-electron chi connectivity index (χ2n) is 7.94. The van der Waals surface area contributed by atoms with Crippen LogP contribution in [0.3, 0.4) is 0 Å². The lowest BCUT2D eigenvalue weighted by molar-refractivity contribution is -0.137. The normalized spacial score (nSPS) is 16.1. The number of aromatic nitrogens is 3. The topological polar surface area (TPSA) is 80.7 Å². The van der Waals surface area contributed by atoms with E-state index in [2.05, 4.69) is 39.1 Å². The lowest BCUT2D eigenvalue weighted by Gasteiger charge is -2.32. The second-order valence-corrected chi connectivity index (χ2v) is 7.94. The van der Waals surface area contributed by atoms with Gasteiger partial charge >= 0.3 is 0 Å². The SMILES string of the molecule is CC(=O)N1CCO[C@H](COc2nc(-c3ccc(CN(C)C)cc3)cc3nccnc23)C1.S. The first-order valence-corrected chi connectivity index (χ1v) is 10.4.